The molecule has 20 heavy (non-hydrogen) atoms. The Balaban J connectivity index is 2.49. The zero-order valence-corrected chi connectivity index (χ0v) is 11.4. The van der Waals surface area contributed by atoms with Gasteiger partial charge in [0.25, 0.3) is 11.8 Å². The molecule has 0 aliphatic carbocycles. The number of ether oxygens (including phenoxy) is 1. The Morgan fingerprint density at radius 3 is 2.55 bits per heavy atom. The van der Waals surface area contributed by atoms with Gasteiger partial charge in [-0.2, -0.15) is 0 Å². The first kappa shape index (κ1) is 16.4. The second-order valence-corrected chi connectivity index (χ2v) is 4.42. The molecule has 0 aliphatic heterocycles. The van der Waals surface area contributed by atoms with E-state index >= 15 is 0 Å². The Kier molecular flexibility index (Phi) is 6.38. The summed E-state index contributed by atoms with van der Waals surface area (Å²) in [5.41, 5.74) is 0.265. The number of nitrogens with one attached hydrogen (secondary N) is 1. The molecule has 0 aliphatic rings. The van der Waals surface area contributed by atoms with Crippen molar-refractivity contribution in [1.82, 2.24) is 5.32 Å². The average molecular weight is 287 g/mol. The maximum atomic E-state index is 12.8. The molecule has 0 heterocycles. The standard InChI is InChI=1S/C14H19F2NO3/c1-2-3-8-20-12-6-4-11(5-7-12)13(19)17-9-14(15,16)10-18/h4-7,18H,2-3,8-10H2,1H3,(H,17,19). The van der Waals surface area contributed by atoms with Gasteiger partial charge < -0.3 is 15.2 Å². The summed E-state index contributed by atoms with van der Waals surface area (Å²) >= 11 is 0. The summed E-state index contributed by atoms with van der Waals surface area (Å²) < 4.78 is 31.0. The van der Waals surface area contributed by atoms with Crippen molar-refractivity contribution >= 4 is 5.91 Å². The van der Waals surface area contributed by atoms with E-state index in [-0.39, 0.29) is 5.56 Å². The number of carbonyl (C=O) groups is 1. The molecule has 0 atom stereocenters. The number of rotatable bonds is 8. The van der Waals surface area contributed by atoms with Crippen molar-refractivity contribution in [3.05, 3.63) is 29.8 Å². The highest BCUT2D eigenvalue weighted by atomic mass is 19.3. The number of aliphatic hydroxyl groups excluding tert-OH is 1. The Hall–Kier alpha value is -1.69. The smallest absolute Gasteiger partial charge is 0.287 e. The lowest BCUT2D eigenvalue weighted by Crippen LogP contribution is -2.38. The molecular weight excluding hydrogens is 268 g/mol. The molecule has 0 fully saturated rings. The molecule has 1 amide bonds. The van der Waals surface area contributed by atoms with Crippen molar-refractivity contribution in [2.75, 3.05) is 19.8 Å². The van der Waals surface area contributed by atoms with Crippen molar-refractivity contribution in [1.29, 1.82) is 0 Å². The molecule has 0 saturated heterocycles. The van der Waals surface area contributed by atoms with E-state index in [9.17, 15) is 13.6 Å². The second kappa shape index (κ2) is 7.79. The molecule has 4 nitrogen and oxygen atoms in total. The van der Waals surface area contributed by atoms with Crippen molar-refractivity contribution in [3.8, 4) is 5.75 Å². The Morgan fingerprint density at radius 1 is 1.35 bits per heavy atom. The zero-order chi connectivity index (χ0) is 15.0. The fraction of sp³-hybridized carbons (Fsp3) is 0.500. The van der Waals surface area contributed by atoms with Crippen LogP contribution in [0.5, 0.6) is 5.75 Å². The van der Waals surface area contributed by atoms with Gasteiger partial charge in [0, 0.05) is 5.56 Å². The topological polar surface area (TPSA) is 58.6 Å². The van der Waals surface area contributed by atoms with E-state index in [1.165, 1.54) is 12.1 Å². The van der Waals surface area contributed by atoms with E-state index in [1.807, 2.05) is 0 Å². The molecule has 2 N–H and O–H groups in total. The number of amides is 1. The van der Waals surface area contributed by atoms with Crippen molar-refractivity contribution < 1.29 is 23.4 Å². The molecule has 0 spiro atoms. The monoisotopic (exact) mass is 287 g/mol. The summed E-state index contributed by atoms with van der Waals surface area (Å²) in [6.45, 7) is 0.471. The maximum Gasteiger partial charge on any atom is 0.287 e. The number of carbonyl (C=O) groups excluding carboxylic acids is 1. The largest absolute Gasteiger partial charge is 0.494 e. The van der Waals surface area contributed by atoms with Crippen LogP contribution in [0.15, 0.2) is 24.3 Å². The van der Waals surface area contributed by atoms with Gasteiger partial charge in [-0.1, -0.05) is 13.3 Å². The predicted molar refractivity (Wildman–Crippen MR) is 71.2 cm³/mol. The molecule has 112 valence electrons. The number of aliphatic hydroxyl groups is 1. The quantitative estimate of drug-likeness (QED) is 0.721. The Morgan fingerprint density at radius 2 is 2.00 bits per heavy atom. The van der Waals surface area contributed by atoms with Crippen LogP contribution in [-0.4, -0.2) is 36.7 Å². The summed E-state index contributed by atoms with van der Waals surface area (Å²) in [6, 6.07) is 6.25. The number of hydrogen-bond donors (Lipinski definition) is 2. The van der Waals surface area contributed by atoms with Crippen LogP contribution in [0.1, 0.15) is 30.1 Å². The lowest BCUT2D eigenvalue weighted by molar-refractivity contribution is -0.0462. The van der Waals surface area contributed by atoms with Gasteiger partial charge in [0.2, 0.25) is 0 Å². The highest BCUT2D eigenvalue weighted by molar-refractivity contribution is 5.94. The van der Waals surface area contributed by atoms with Crippen molar-refractivity contribution in [2.45, 2.75) is 25.7 Å². The van der Waals surface area contributed by atoms with Gasteiger partial charge in [-0.3, -0.25) is 4.79 Å². The molecule has 0 bridgehead atoms. The third-order valence-corrected chi connectivity index (χ3v) is 2.62. The van der Waals surface area contributed by atoms with E-state index < -0.39 is 25.0 Å². The predicted octanol–water partition coefficient (Wildman–Crippen LogP) is 2.22. The number of unbranched alkanes of at least 4 members (excludes halogenated alkanes) is 1. The summed E-state index contributed by atoms with van der Waals surface area (Å²) in [5, 5.41) is 10.5. The van der Waals surface area contributed by atoms with Crippen LogP contribution in [-0.2, 0) is 0 Å². The molecule has 0 radical (unpaired) electrons. The van der Waals surface area contributed by atoms with Gasteiger partial charge in [0.1, 0.15) is 12.4 Å². The summed E-state index contributed by atoms with van der Waals surface area (Å²) in [5.74, 6) is -3.28. The average Bonchev–Trinajstić information content (AvgIpc) is 2.46. The Bertz CT molecular complexity index is 421. The van der Waals surface area contributed by atoms with E-state index in [0.717, 1.165) is 12.8 Å². The van der Waals surface area contributed by atoms with Crippen LogP contribution in [0.25, 0.3) is 0 Å². The fourth-order valence-electron chi connectivity index (χ4n) is 1.40. The molecule has 1 rings (SSSR count). The number of halogens is 2. The third-order valence-electron chi connectivity index (χ3n) is 2.62. The van der Waals surface area contributed by atoms with E-state index in [2.05, 4.69) is 12.2 Å². The Labute approximate surface area is 116 Å². The number of hydrogen-bond acceptors (Lipinski definition) is 3. The van der Waals surface area contributed by atoms with Gasteiger partial charge in [0.05, 0.1) is 13.2 Å². The van der Waals surface area contributed by atoms with Crippen molar-refractivity contribution in [2.24, 2.45) is 0 Å². The first-order valence-electron chi connectivity index (χ1n) is 6.48. The molecule has 0 unspecified atom stereocenters. The van der Waals surface area contributed by atoms with Crippen molar-refractivity contribution in [3.63, 3.8) is 0 Å². The summed E-state index contributed by atoms with van der Waals surface area (Å²) in [6.07, 6.45) is 1.97. The van der Waals surface area contributed by atoms with Gasteiger partial charge in [-0.05, 0) is 30.7 Å². The summed E-state index contributed by atoms with van der Waals surface area (Å²) in [7, 11) is 0. The minimum atomic E-state index is -3.31. The molecule has 6 heteroatoms. The van der Waals surface area contributed by atoms with E-state index in [0.29, 0.717) is 12.4 Å². The zero-order valence-electron chi connectivity index (χ0n) is 11.4. The van der Waals surface area contributed by atoms with Crippen LogP contribution in [0, 0.1) is 0 Å². The molecule has 1 aromatic carbocycles. The van der Waals surface area contributed by atoms with Gasteiger partial charge in [-0.15, -0.1) is 0 Å². The molecule has 1 aromatic rings. The molecule has 0 aromatic heterocycles. The lowest BCUT2D eigenvalue weighted by atomic mass is 10.2. The maximum absolute atomic E-state index is 12.8. The second-order valence-electron chi connectivity index (χ2n) is 4.42. The minimum Gasteiger partial charge on any atom is -0.494 e. The lowest BCUT2D eigenvalue weighted by Gasteiger charge is -2.14. The first-order chi connectivity index (χ1) is 9.48. The fourth-order valence-corrected chi connectivity index (χ4v) is 1.40. The summed E-state index contributed by atoms with van der Waals surface area (Å²) in [4.78, 5) is 11.6. The van der Waals surface area contributed by atoms with Crippen LogP contribution in [0.2, 0.25) is 0 Å². The van der Waals surface area contributed by atoms with Gasteiger partial charge >= 0.3 is 0 Å². The molecule has 0 saturated carbocycles. The van der Waals surface area contributed by atoms with E-state index in [1.54, 1.807) is 12.1 Å². The highest BCUT2D eigenvalue weighted by Crippen LogP contribution is 2.14. The van der Waals surface area contributed by atoms with Crippen LogP contribution < -0.4 is 10.1 Å². The van der Waals surface area contributed by atoms with Crippen LogP contribution in [0.4, 0.5) is 8.78 Å². The SMILES string of the molecule is CCCCOc1ccc(C(=O)NCC(F)(F)CO)cc1. The molecular formula is C14H19F2NO3. The van der Waals surface area contributed by atoms with Crippen LogP contribution in [0.3, 0.4) is 0 Å². The van der Waals surface area contributed by atoms with Gasteiger partial charge in [-0.25, -0.2) is 8.78 Å². The number of benzene rings is 1. The first-order valence-corrected chi connectivity index (χ1v) is 6.48. The van der Waals surface area contributed by atoms with E-state index in [4.69, 9.17) is 9.84 Å². The minimum absolute atomic E-state index is 0.265. The number of alkyl halides is 2. The van der Waals surface area contributed by atoms with Gasteiger partial charge in [0.15, 0.2) is 0 Å². The third kappa shape index (κ3) is 5.52. The highest BCUT2D eigenvalue weighted by Gasteiger charge is 2.28. The van der Waals surface area contributed by atoms with Crippen LogP contribution >= 0.6 is 0 Å². The normalized spacial score (nSPS) is 11.2.